The summed E-state index contributed by atoms with van der Waals surface area (Å²) in [5, 5.41) is 0. The van der Waals surface area contributed by atoms with Gasteiger partial charge in [0.1, 0.15) is 6.61 Å². The van der Waals surface area contributed by atoms with Crippen molar-refractivity contribution in [2.75, 3.05) is 26.4 Å². The molecule has 0 radical (unpaired) electrons. The maximum absolute atomic E-state index is 12.7. The van der Waals surface area contributed by atoms with Crippen molar-refractivity contribution in [1.29, 1.82) is 0 Å². The van der Waals surface area contributed by atoms with Gasteiger partial charge in [-0.3, -0.25) is 18.6 Å². The highest BCUT2D eigenvalue weighted by atomic mass is 31.2. The molecule has 2 atom stereocenters. The highest BCUT2D eigenvalue weighted by molar-refractivity contribution is 7.47. The van der Waals surface area contributed by atoms with Gasteiger partial charge in [0, 0.05) is 19.4 Å². The summed E-state index contributed by atoms with van der Waals surface area (Å²) in [5.41, 5.74) is 5.39. The van der Waals surface area contributed by atoms with E-state index in [0.29, 0.717) is 6.42 Å². The lowest BCUT2D eigenvalue weighted by atomic mass is 10.0. The van der Waals surface area contributed by atoms with Gasteiger partial charge in [-0.15, -0.1) is 0 Å². The topological polar surface area (TPSA) is 134 Å². The molecular formula is C62H122NO8P. The third-order valence-electron chi connectivity index (χ3n) is 14.4. The highest BCUT2D eigenvalue weighted by Gasteiger charge is 2.26. The van der Waals surface area contributed by atoms with Crippen LogP contribution >= 0.6 is 7.82 Å². The number of rotatable bonds is 61. The van der Waals surface area contributed by atoms with Crippen molar-refractivity contribution in [1.82, 2.24) is 0 Å². The van der Waals surface area contributed by atoms with E-state index in [1.54, 1.807) is 0 Å². The Morgan fingerprint density at radius 1 is 0.403 bits per heavy atom. The third-order valence-corrected chi connectivity index (χ3v) is 15.4. The van der Waals surface area contributed by atoms with Crippen molar-refractivity contribution in [2.45, 2.75) is 347 Å². The molecule has 0 aromatic heterocycles. The molecular weight excluding hydrogens is 918 g/mol. The molecule has 0 aliphatic carbocycles. The van der Waals surface area contributed by atoms with Gasteiger partial charge in [-0.25, -0.2) is 4.57 Å². The van der Waals surface area contributed by atoms with Crippen molar-refractivity contribution in [3.63, 3.8) is 0 Å². The van der Waals surface area contributed by atoms with Crippen LogP contribution < -0.4 is 5.73 Å². The first-order valence-corrected chi connectivity index (χ1v) is 33.2. The molecule has 0 amide bonds. The molecule has 0 aliphatic heterocycles. The first-order valence-electron chi connectivity index (χ1n) is 31.7. The number of unbranched alkanes of at least 4 members (excludes halogenated alkanes) is 46. The van der Waals surface area contributed by atoms with E-state index >= 15 is 0 Å². The molecule has 72 heavy (non-hydrogen) atoms. The van der Waals surface area contributed by atoms with Crippen LogP contribution in [0.3, 0.4) is 0 Å². The summed E-state index contributed by atoms with van der Waals surface area (Å²) in [6, 6.07) is 0. The summed E-state index contributed by atoms with van der Waals surface area (Å²) in [6.45, 7) is 3.81. The second kappa shape index (κ2) is 59.0. The van der Waals surface area contributed by atoms with Crippen LogP contribution in [0.25, 0.3) is 0 Å². The van der Waals surface area contributed by atoms with E-state index in [9.17, 15) is 19.0 Å². The number of phosphoric ester groups is 1. The summed E-state index contributed by atoms with van der Waals surface area (Å²) >= 11 is 0. The van der Waals surface area contributed by atoms with E-state index in [0.717, 1.165) is 38.5 Å². The minimum absolute atomic E-state index is 0.0565. The van der Waals surface area contributed by atoms with Gasteiger partial charge in [-0.2, -0.15) is 0 Å². The number of allylic oxidation sites excluding steroid dienone is 2. The lowest BCUT2D eigenvalue weighted by molar-refractivity contribution is -0.161. The molecule has 0 saturated carbocycles. The molecule has 0 rings (SSSR count). The number of nitrogens with two attached hydrogens (primary N) is 1. The largest absolute Gasteiger partial charge is 0.472 e. The Kier molecular flexibility index (Phi) is 58.0. The van der Waals surface area contributed by atoms with Crippen LogP contribution in [0.1, 0.15) is 341 Å². The van der Waals surface area contributed by atoms with Crippen LogP contribution in [-0.2, 0) is 32.7 Å². The van der Waals surface area contributed by atoms with Gasteiger partial charge >= 0.3 is 19.8 Å². The number of esters is 2. The van der Waals surface area contributed by atoms with Crippen LogP contribution in [0.15, 0.2) is 12.2 Å². The normalized spacial score (nSPS) is 13.0. The average molecular weight is 1040 g/mol. The van der Waals surface area contributed by atoms with Crippen LogP contribution in [0.4, 0.5) is 0 Å². The second-order valence-corrected chi connectivity index (χ2v) is 23.1. The van der Waals surface area contributed by atoms with Gasteiger partial charge < -0.3 is 20.1 Å². The molecule has 10 heteroatoms. The fourth-order valence-electron chi connectivity index (χ4n) is 9.69. The van der Waals surface area contributed by atoms with E-state index in [1.165, 1.54) is 270 Å². The van der Waals surface area contributed by atoms with Gasteiger partial charge in [0.15, 0.2) is 6.10 Å². The van der Waals surface area contributed by atoms with Crippen LogP contribution in [0, 0.1) is 0 Å². The molecule has 3 N–H and O–H groups in total. The maximum Gasteiger partial charge on any atom is 0.472 e. The Bertz CT molecular complexity index is 1190. The number of carbonyl (C=O) groups excluding carboxylic acids is 2. The van der Waals surface area contributed by atoms with Gasteiger partial charge in [-0.05, 0) is 38.5 Å². The predicted molar refractivity (Wildman–Crippen MR) is 308 cm³/mol. The zero-order chi connectivity index (χ0) is 52.4. The molecule has 0 aliphatic rings. The Morgan fingerprint density at radius 2 is 0.681 bits per heavy atom. The maximum atomic E-state index is 12.7. The standard InChI is InChI=1S/C62H122NO8P/c1-3-5-7-9-11-13-15-17-19-21-23-24-25-26-27-28-29-30-31-32-33-34-35-37-38-40-42-44-46-48-50-52-54-61(64)68-58-60(59-70-72(66,67)69-57-56-63)71-62(65)55-53-51-49-47-45-43-41-39-36-22-20-18-16-14-12-10-8-6-4-2/h18,20,60H,3-17,19,21-59,63H2,1-2H3,(H,66,67)/b20-18-. The molecule has 9 nitrogen and oxygen atoms in total. The molecule has 0 fully saturated rings. The molecule has 0 aromatic rings. The van der Waals surface area contributed by atoms with E-state index in [1.807, 2.05) is 0 Å². The van der Waals surface area contributed by atoms with Gasteiger partial charge in [-0.1, -0.05) is 302 Å². The zero-order valence-corrected chi connectivity index (χ0v) is 48.8. The molecule has 0 spiro atoms. The van der Waals surface area contributed by atoms with Crippen molar-refractivity contribution in [3.05, 3.63) is 12.2 Å². The minimum atomic E-state index is -4.38. The summed E-state index contributed by atoms with van der Waals surface area (Å²) in [4.78, 5) is 35.2. The number of hydrogen-bond acceptors (Lipinski definition) is 8. The summed E-state index contributed by atoms with van der Waals surface area (Å²) in [5.74, 6) is -0.809. The third kappa shape index (κ3) is 58.0. The smallest absolute Gasteiger partial charge is 0.462 e. The van der Waals surface area contributed by atoms with Gasteiger partial charge in [0.2, 0.25) is 0 Å². The van der Waals surface area contributed by atoms with E-state index in [4.69, 9.17) is 24.3 Å². The molecule has 2 unspecified atom stereocenters. The van der Waals surface area contributed by atoms with Crippen molar-refractivity contribution >= 4 is 19.8 Å². The quantitative estimate of drug-likeness (QED) is 0.0264. The average Bonchev–Trinajstić information content (AvgIpc) is 3.37. The van der Waals surface area contributed by atoms with Crippen LogP contribution in [0.2, 0.25) is 0 Å². The summed E-state index contributed by atoms with van der Waals surface area (Å²) in [7, 11) is -4.38. The Balaban J connectivity index is 3.81. The number of carbonyl (C=O) groups is 2. The monoisotopic (exact) mass is 1040 g/mol. The van der Waals surface area contributed by atoms with Crippen LogP contribution in [0.5, 0.6) is 0 Å². The molecule has 0 saturated heterocycles. The highest BCUT2D eigenvalue weighted by Crippen LogP contribution is 2.43. The zero-order valence-electron chi connectivity index (χ0n) is 48.0. The predicted octanol–water partition coefficient (Wildman–Crippen LogP) is 20.0. The molecule has 428 valence electrons. The SMILES string of the molecule is CCCCCCCC/C=C\CCCCCCCCCCCC(=O)OC(COC(=O)CCCCCCCCCCCCCCCCCCCCCCCCCCCCCCCCCC)COP(=O)(O)OCCN. The van der Waals surface area contributed by atoms with Crippen molar-refractivity contribution < 1.29 is 37.6 Å². The number of hydrogen-bond donors (Lipinski definition) is 2. The molecule has 0 aromatic carbocycles. The number of phosphoric acid groups is 1. The molecule has 0 bridgehead atoms. The Morgan fingerprint density at radius 3 is 0.986 bits per heavy atom. The fraction of sp³-hybridized carbons (Fsp3) is 0.935. The first-order chi connectivity index (χ1) is 35.3. The number of ether oxygens (including phenoxy) is 2. The lowest BCUT2D eigenvalue weighted by Gasteiger charge is -2.19. The summed E-state index contributed by atoms with van der Waals surface area (Å²) < 4.78 is 33.1. The first kappa shape index (κ1) is 70.8. The molecule has 0 heterocycles. The Hall–Kier alpha value is -1.25. The lowest BCUT2D eigenvalue weighted by Crippen LogP contribution is -2.29. The van der Waals surface area contributed by atoms with Crippen molar-refractivity contribution in [3.8, 4) is 0 Å². The minimum Gasteiger partial charge on any atom is -0.462 e. The van der Waals surface area contributed by atoms with E-state index < -0.39 is 26.5 Å². The Labute approximate surface area is 447 Å². The summed E-state index contributed by atoms with van der Waals surface area (Å²) in [6.07, 6.45) is 68.7. The van der Waals surface area contributed by atoms with Crippen molar-refractivity contribution in [2.24, 2.45) is 5.73 Å². The fourth-order valence-corrected chi connectivity index (χ4v) is 10.5. The van der Waals surface area contributed by atoms with E-state index in [-0.39, 0.29) is 38.6 Å². The van der Waals surface area contributed by atoms with Gasteiger partial charge in [0.05, 0.1) is 13.2 Å². The second-order valence-electron chi connectivity index (χ2n) is 21.6. The van der Waals surface area contributed by atoms with Crippen LogP contribution in [-0.4, -0.2) is 49.3 Å². The van der Waals surface area contributed by atoms with E-state index in [2.05, 4.69) is 26.0 Å². The van der Waals surface area contributed by atoms with Gasteiger partial charge in [0.25, 0.3) is 0 Å².